The van der Waals surface area contributed by atoms with E-state index in [2.05, 4.69) is 36.9 Å². The maximum absolute atomic E-state index is 12.4. The number of amides is 1. The third-order valence-corrected chi connectivity index (χ3v) is 6.07. The molecule has 1 saturated heterocycles. The second kappa shape index (κ2) is 10.7. The monoisotopic (exact) mass is 529 g/mol. The minimum atomic E-state index is -0.482. The molecule has 8 nitrogen and oxygen atoms in total. The van der Waals surface area contributed by atoms with Gasteiger partial charge in [-0.1, -0.05) is 18.2 Å². The highest BCUT2D eigenvalue weighted by molar-refractivity contribution is 9.10. The van der Waals surface area contributed by atoms with Crippen molar-refractivity contribution in [3.8, 4) is 0 Å². The zero-order valence-electron chi connectivity index (χ0n) is 20.0. The summed E-state index contributed by atoms with van der Waals surface area (Å²) in [7, 11) is 0. The quantitative estimate of drug-likeness (QED) is 0.333. The Bertz CT molecular complexity index is 1120. The molecule has 1 aliphatic heterocycles. The number of likely N-dealkylation sites (tertiary alicyclic amines) is 1. The average Bonchev–Trinajstić information content (AvgIpc) is 3.13. The summed E-state index contributed by atoms with van der Waals surface area (Å²) in [5, 5.41) is 3.59. The van der Waals surface area contributed by atoms with E-state index in [4.69, 9.17) is 14.5 Å². The predicted molar refractivity (Wildman–Crippen MR) is 136 cm³/mol. The summed E-state index contributed by atoms with van der Waals surface area (Å²) in [6.45, 7) is 7.94. The number of imidazole rings is 1. The van der Waals surface area contributed by atoms with Crippen LogP contribution in [0.1, 0.15) is 39.3 Å². The number of carbonyl (C=O) groups excluding carboxylic acids is 1. The van der Waals surface area contributed by atoms with Gasteiger partial charge in [-0.05, 0) is 73.8 Å². The molecule has 3 aromatic rings. The summed E-state index contributed by atoms with van der Waals surface area (Å²) in [6, 6.07) is 14.2. The van der Waals surface area contributed by atoms with Crippen LogP contribution >= 0.6 is 15.9 Å². The minimum absolute atomic E-state index is 0.222. The Hall–Kier alpha value is -2.65. The Kier molecular flexibility index (Phi) is 7.73. The number of halogens is 1. The van der Waals surface area contributed by atoms with E-state index >= 15 is 0 Å². The number of anilines is 1. The molecular formula is C25H32BrN5O3. The van der Waals surface area contributed by atoms with E-state index in [0.29, 0.717) is 26.4 Å². The van der Waals surface area contributed by atoms with Crippen LogP contribution in [-0.4, -0.2) is 56.9 Å². The Balaban J connectivity index is 1.36. The lowest BCUT2D eigenvalue weighted by Crippen LogP contribution is -2.44. The standard InChI is InChI=1S/C25H32BrN5O3/c1-25(2,3)34-24(32)30-14-11-19(12-15-30)28-23-29-20-8-4-5-9-21(20)31(23)17-33-16-13-18-7-6-10-22(26)27-18/h4-10,19H,11-17H2,1-3H3,(H,28,29). The van der Waals surface area contributed by atoms with Crippen molar-refractivity contribution in [3.63, 3.8) is 0 Å². The number of rotatable bonds is 7. The van der Waals surface area contributed by atoms with Gasteiger partial charge in [0.1, 0.15) is 16.9 Å². The van der Waals surface area contributed by atoms with Crippen LogP contribution in [-0.2, 0) is 22.6 Å². The molecule has 3 heterocycles. The molecule has 1 N–H and O–H groups in total. The summed E-state index contributed by atoms with van der Waals surface area (Å²) >= 11 is 3.41. The first-order valence-corrected chi connectivity index (χ1v) is 12.5. The van der Waals surface area contributed by atoms with Gasteiger partial charge in [0.15, 0.2) is 0 Å². The van der Waals surface area contributed by atoms with Crippen molar-refractivity contribution in [2.24, 2.45) is 0 Å². The number of piperidine rings is 1. The second-order valence-electron chi connectivity index (χ2n) is 9.48. The Morgan fingerprint density at radius 1 is 1.12 bits per heavy atom. The average molecular weight is 530 g/mol. The van der Waals surface area contributed by atoms with Crippen molar-refractivity contribution in [3.05, 3.63) is 52.8 Å². The molecule has 1 aromatic carbocycles. The predicted octanol–water partition coefficient (Wildman–Crippen LogP) is 5.22. The molecule has 1 fully saturated rings. The van der Waals surface area contributed by atoms with Crippen molar-refractivity contribution in [2.75, 3.05) is 25.0 Å². The number of aromatic nitrogens is 3. The van der Waals surface area contributed by atoms with Gasteiger partial charge in [0, 0.05) is 31.2 Å². The number of nitrogens with one attached hydrogen (secondary N) is 1. The molecule has 182 valence electrons. The lowest BCUT2D eigenvalue weighted by atomic mass is 10.1. The molecule has 1 amide bonds. The van der Waals surface area contributed by atoms with Gasteiger partial charge >= 0.3 is 6.09 Å². The third-order valence-electron chi connectivity index (χ3n) is 5.63. The number of hydrogen-bond acceptors (Lipinski definition) is 6. The lowest BCUT2D eigenvalue weighted by Gasteiger charge is -2.33. The van der Waals surface area contributed by atoms with Crippen LogP contribution in [0.25, 0.3) is 11.0 Å². The van der Waals surface area contributed by atoms with Gasteiger partial charge in [-0.3, -0.25) is 4.57 Å². The number of fused-ring (bicyclic) bond motifs is 1. The summed E-state index contributed by atoms with van der Waals surface area (Å²) < 4.78 is 14.4. The number of carbonyl (C=O) groups is 1. The van der Waals surface area contributed by atoms with Crippen LogP contribution in [0.15, 0.2) is 47.1 Å². The maximum Gasteiger partial charge on any atom is 0.410 e. The van der Waals surface area contributed by atoms with Crippen molar-refractivity contribution >= 4 is 39.0 Å². The van der Waals surface area contributed by atoms with Crippen LogP contribution in [0.2, 0.25) is 0 Å². The fourth-order valence-electron chi connectivity index (χ4n) is 3.95. The summed E-state index contributed by atoms with van der Waals surface area (Å²) in [4.78, 5) is 23.4. The first kappa shape index (κ1) is 24.5. The van der Waals surface area contributed by atoms with E-state index in [1.807, 2.05) is 57.2 Å². The number of ether oxygens (including phenoxy) is 2. The molecule has 2 aromatic heterocycles. The van der Waals surface area contributed by atoms with Gasteiger partial charge < -0.3 is 19.7 Å². The highest BCUT2D eigenvalue weighted by Gasteiger charge is 2.27. The molecule has 0 saturated carbocycles. The normalized spacial score (nSPS) is 15.0. The van der Waals surface area contributed by atoms with Crippen LogP contribution in [0.5, 0.6) is 0 Å². The first-order chi connectivity index (χ1) is 16.3. The summed E-state index contributed by atoms with van der Waals surface area (Å²) in [5.74, 6) is 0.789. The molecule has 0 spiro atoms. The summed E-state index contributed by atoms with van der Waals surface area (Å²) in [5.41, 5.74) is 2.45. The molecular weight excluding hydrogens is 498 g/mol. The first-order valence-electron chi connectivity index (χ1n) is 11.7. The molecule has 0 unspecified atom stereocenters. The number of benzene rings is 1. The molecule has 0 aliphatic carbocycles. The van der Waals surface area contributed by atoms with Gasteiger partial charge in [0.25, 0.3) is 0 Å². The van der Waals surface area contributed by atoms with E-state index in [0.717, 1.165) is 46.5 Å². The van der Waals surface area contributed by atoms with Gasteiger partial charge in [0.05, 0.1) is 17.6 Å². The van der Waals surface area contributed by atoms with Gasteiger partial charge in [-0.25, -0.2) is 14.8 Å². The zero-order chi connectivity index (χ0) is 24.1. The minimum Gasteiger partial charge on any atom is -0.444 e. The number of hydrogen-bond donors (Lipinski definition) is 1. The van der Waals surface area contributed by atoms with E-state index in [1.165, 1.54) is 0 Å². The Labute approximate surface area is 208 Å². The van der Waals surface area contributed by atoms with Gasteiger partial charge in [-0.2, -0.15) is 0 Å². The van der Waals surface area contributed by atoms with Crippen molar-refractivity contribution in [2.45, 2.75) is 58.4 Å². The highest BCUT2D eigenvalue weighted by atomic mass is 79.9. The highest BCUT2D eigenvalue weighted by Crippen LogP contribution is 2.23. The van der Waals surface area contributed by atoms with Crippen molar-refractivity contribution in [1.29, 1.82) is 0 Å². The fourth-order valence-corrected chi connectivity index (χ4v) is 4.33. The topological polar surface area (TPSA) is 81.5 Å². The van der Waals surface area contributed by atoms with Gasteiger partial charge in [0.2, 0.25) is 5.95 Å². The Morgan fingerprint density at radius 2 is 1.88 bits per heavy atom. The molecule has 1 aliphatic rings. The number of pyridine rings is 1. The lowest BCUT2D eigenvalue weighted by molar-refractivity contribution is 0.0210. The van der Waals surface area contributed by atoms with Crippen molar-refractivity contribution < 1.29 is 14.3 Å². The van der Waals surface area contributed by atoms with Crippen LogP contribution in [0, 0.1) is 0 Å². The zero-order valence-corrected chi connectivity index (χ0v) is 21.5. The molecule has 34 heavy (non-hydrogen) atoms. The maximum atomic E-state index is 12.4. The molecule has 0 radical (unpaired) electrons. The fraction of sp³-hybridized carbons (Fsp3) is 0.480. The van der Waals surface area contributed by atoms with Crippen LogP contribution in [0.4, 0.5) is 10.7 Å². The van der Waals surface area contributed by atoms with Crippen LogP contribution < -0.4 is 5.32 Å². The molecule has 4 rings (SSSR count). The summed E-state index contributed by atoms with van der Waals surface area (Å²) in [6.07, 6.45) is 2.15. The molecule has 9 heteroatoms. The van der Waals surface area contributed by atoms with E-state index in [9.17, 15) is 4.79 Å². The van der Waals surface area contributed by atoms with Crippen LogP contribution in [0.3, 0.4) is 0 Å². The number of nitrogens with zero attached hydrogens (tertiary/aromatic N) is 4. The largest absolute Gasteiger partial charge is 0.444 e. The van der Waals surface area contributed by atoms with E-state index < -0.39 is 5.60 Å². The third kappa shape index (κ3) is 6.48. The molecule has 0 bridgehead atoms. The van der Waals surface area contributed by atoms with E-state index in [-0.39, 0.29) is 12.1 Å². The second-order valence-corrected chi connectivity index (χ2v) is 10.3. The smallest absolute Gasteiger partial charge is 0.410 e. The molecule has 0 atom stereocenters. The SMILES string of the molecule is CC(C)(C)OC(=O)N1CCC(Nc2nc3ccccc3n2COCCc2cccc(Br)n2)CC1. The van der Waals surface area contributed by atoms with E-state index in [1.54, 1.807) is 4.90 Å². The Morgan fingerprint density at radius 3 is 2.62 bits per heavy atom. The van der Waals surface area contributed by atoms with Gasteiger partial charge in [-0.15, -0.1) is 0 Å². The number of para-hydroxylation sites is 2. The van der Waals surface area contributed by atoms with Crippen molar-refractivity contribution in [1.82, 2.24) is 19.4 Å².